The molecule has 2 amide bonds. The van der Waals surface area contributed by atoms with Crippen molar-refractivity contribution in [1.82, 2.24) is 10.6 Å². The van der Waals surface area contributed by atoms with E-state index in [0.29, 0.717) is 0 Å². The molecule has 0 saturated carbocycles. The lowest BCUT2D eigenvalue weighted by Crippen LogP contribution is -2.60. The molecule has 0 spiro atoms. The molecule has 20 heavy (non-hydrogen) atoms. The highest BCUT2D eigenvalue weighted by Crippen LogP contribution is 2.22. The Morgan fingerprint density at radius 2 is 1.85 bits per heavy atom. The van der Waals surface area contributed by atoms with Gasteiger partial charge in [-0.2, -0.15) is 8.78 Å². The summed E-state index contributed by atoms with van der Waals surface area (Å²) in [6.45, 7) is -1.41. The SMILES string of the molecule is O=C(NCC(F)(F)C(F)F)NC1(C(=O)O)CCOCC1. The number of carboxylic acid groups (broad SMARTS) is 1. The van der Waals surface area contributed by atoms with Crippen LogP contribution in [-0.2, 0) is 9.53 Å². The molecule has 0 atom stereocenters. The first kappa shape index (κ1) is 16.5. The van der Waals surface area contributed by atoms with E-state index < -0.39 is 36.4 Å². The normalized spacial score (nSPS) is 18.6. The van der Waals surface area contributed by atoms with E-state index in [1.807, 2.05) is 5.32 Å². The molecule has 0 unspecified atom stereocenters. The number of carboxylic acids is 1. The molecule has 0 aromatic carbocycles. The second-order valence-electron chi connectivity index (χ2n) is 4.37. The fourth-order valence-electron chi connectivity index (χ4n) is 1.65. The molecule has 1 aliphatic heterocycles. The number of aliphatic carboxylic acids is 1. The number of carbonyl (C=O) groups excluding carboxylic acids is 1. The molecule has 1 aliphatic rings. The maximum atomic E-state index is 12.6. The number of halogens is 4. The number of carbonyl (C=O) groups is 2. The van der Waals surface area contributed by atoms with Gasteiger partial charge >= 0.3 is 24.3 Å². The number of alkyl halides is 4. The van der Waals surface area contributed by atoms with Crippen molar-refractivity contribution in [3.8, 4) is 0 Å². The van der Waals surface area contributed by atoms with Crippen LogP contribution in [-0.4, -0.2) is 54.8 Å². The molecule has 0 radical (unpaired) electrons. The van der Waals surface area contributed by atoms with Gasteiger partial charge < -0.3 is 20.5 Å². The highest BCUT2D eigenvalue weighted by molar-refractivity contribution is 5.86. The Bertz CT molecular complexity index is 372. The Morgan fingerprint density at radius 1 is 1.30 bits per heavy atom. The van der Waals surface area contributed by atoms with Crippen LogP contribution in [0.25, 0.3) is 0 Å². The first-order chi connectivity index (χ1) is 9.19. The molecule has 0 aromatic rings. The highest BCUT2D eigenvalue weighted by atomic mass is 19.3. The van der Waals surface area contributed by atoms with E-state index in [1.54, 1.807) is 5.32 Å². The number of rotatable bonds is 5. The van der Waals surface area contributed by atoms with Gasteiger partial charge in [0.1, 0.15) is 5.54 Å². The van der Waals surface area contributed by atoms with Crippen molar-refractivity contribution < 1.29 is 37.0 Å². The van der Waals surface area contributed by atoms with Gasteiger partial charge in [-0.1, -0.05) is 0 Å². The van der Waals surface area contributed by atoms with Crippen LogP contribution in [0.2, 0.25) is 0 Å². The number of ether oxygens (including phenoxy) is 1. The Balaban J connectivity index is 2.57. The number of amides is 2. The minimum atomic E-state index is -4.37. The van der Waals surface area contributed by atoms with E-state index in [-0.39, 0.29) is 26.1 Å². The average molecular weight is 302 g/mol. The van der Waals surface area contributed by atoms with Crippen molar-refractivity contribution in [1.29, 1.82) is 0 Å². The molecule has 10 heteroatoms. The quantitative estimate of drug-likeness (QED) is 0.656. The summed E-state index contributed by atoms with van der Waals surface area (Å²) in [5.74, 6) is -5.71. The van der Waals surface area contributed by atoms with E-state index in [1.165, 1.54) is 0 Å². The Morgan fingerprint density at radius 3 is 2.30 bits per heavy atom. The fraction of sp³-hybridized carbons (Fsp3) is 0.800. The molecule has 0 bridgehead atoms. The maximum absolute atomic E-state index is 12.6. The fourth-order valence-corrected chi connectivity index (χ4v) is 1.65. The summed E-state index contributed by atoms with van der Waals surface area (Å²) in [5, 5.41) is 12.7. The van der Waals surface area contributed by atoms with Crippen LogP contribution in [0, 0.1) is 0 Å². The van der Waals surface area contributed by atoms with Crippen LogP contribution in [0.15, 0.2) is 0 Å². The Hall–Kier alpha value is -1.58. The zero-order chi connectivity index (χ0) is 15.4. The average Bonchev–Trinajstić information content (AvgIpc) is 2.37. The molecule has 1 saturated heterocycles. The Kier molecular flexibility index (Phi) is 5.15. The van der Waals surface area contributed by atoms with Crippen molar-refractivity contribution in [3.63, 3.8) is 0 Å². The molecule has 3 N–H and O–H groups in total. The van der Waals surface area contributed by atoms with E-state index in [0.717, 1.165) is 0 Å². The van der Waals surface area contributed by atoms with Gasteiger partial charge in [0.2, 0.25) is 0 Å². The molecule has 0 aliphatic carbocycles. The van der Waals surface area contributed by atoms with Crippen LogP contribution >= 0.6 is 0 Å². The van der Waals surface area contributed by atoms with Crippen molar-refractivity contribution >= 4 is 12.0 Å². The standard InChI is InChI=1S/C10H14F4N2O4/c11-6(12)10(13,14)5-15-8(19)16-9(7(17)18)1-3-20-4-2-9/h6H,1-5H2,(H,17,18)(H2,15,16,19). The first-order valence-electron chi connectivity index (χ1n) is 5.73. The lowest BCUT2D eigenvalue weighted by molar-refractivity contribution is -0.148. The molecule has 1 rings (SSSR count). The second-order valence-corrected chi connectivity index (χ2v) is 4.37. The van der Waals surface area contributed by atoms with Crippen LogP contribution in [0.1, 0.15) is 12.8 Å². The monoisotopic (exact) mass is 302 g/mol. The first-order valence-corrected chi connectivity index (χ1v) is 5.73. The summed E-state index contributed by atoms with van der Waals surface area (Å²) in [4.78, 5) is 22.5. The maximum Gasteiger partial charge on any atom is 0.329 e. The van der Waals surface area contributed by atoms with Crippen LogP contribution in [0.4, 0.5) is 22.4 Å². The van der Waals surface area contributed by atoms with Crippen molar-refractivity contribution in [2.75, 3.05) is 19.8 Å². The molecule has 0 aromatic heterocycles. The molecular formula is C10H14F4N2O4. The van der Waals surface area contributed by atoms with Crippen molar-refractivity contribution in [2.45, 2.75) is 30.7 Å². The van der Waals surface area contributed by atoms with Crippen LogP contribution in [0.3, 0.4) is 0 Å². The van der Waals surface area contributed by atoms with Crippen molar-refractivity contribution in [2.24, 2.45) is 0 Å². The van der Waals surface area contributed by atoms with Gasteiger partial charge in [0.25, 0.3) is 0 Å². The highest BCUT2D eigenvalue weighted by Gasteiger charge is 2.44. The largest absolute Gasteiger partial charge is 0.480 e. The van der Waals surface area contributed by atoms with E-state index >= 15 is 0 Å². The summed E-state index contributed by atoms with van der Waals surface area (Å²) in [7, 11) is 0. The number of hydrogen-bond acceptors (Lipinski definition) is 3. The van der Waals surface area contributed by atoms with E-state index in [4.69, 9.17) is 9.84 Å². The zero-order valence-corrected chi connectivity index (χ0v) is 10.3. The predicted molar refractivity (Wildman–Crippen MR) is 57.9 cm³/mol. The van der Waals surface area contributed by atoms with Gasteiger partial charge in [-0.15, -0.1) is 0 Å². The molecule has 1 heterocycles. The van der Waals surface area contributed by atoms with Crippen LogP contribution < -0.4 is 10.6 Å². The molecule has 6 nitrogen and oxygen atoms in total. The van der Waals surface area contributed by atoms with E-state index in [2.05, 4.69) is 0 Å². The molecular weight excluding hydrogens is 288 g/mol. The van der Waals surface area contributed by atoms with E-state index in [9.17, 15) is 27.2 Å². The number of hydrogen-bond donors (Lipinski definition) is 3. The van der Waals surface area contributed by atoms with Gasteiger partial charge in [0.15, 0.2) is 0 Å². The smallest absolute Gasteiger partial charge is 0.329 e. The third kappa shape index (κ3) is 3.95. The Labute approximate surface area is 111 Å². The zero-order valence-electron chi connectivity index (χ0n) is 10.3. The lowest BCUT2D eigenvalue weighted by Gasteiger charge is -2.33. The second kappa shape index (κ2) is 6.25. The number of urea groups is 1. The molecule has 1 fully saturated rings. The topological polar surface area (TPSA) is 87.7 Å². The summed E-state index contributed by atoms with van der Waals surface area (Å²) in [6, 6.07) is -1.24. The third-order valence-electron chi connectivity index (χ3n) is 2.91. The third-order valence-corrected chi connectivity index (χ3v) is 2.91. The lowest BCUT2D eigenvalue weighted by atomic mass is 9.90. The minimum absolute atomic E-state index is 0.0407. The van der Waals surface area contributed by atoms with Gasteiger partial charge in [0, 0.05) is 26.1 Å². The summed E-state index contributed by atoms with van der Waals surface area (Å²) >= 11 is 0. The number of nitrogens with one attached hydrogen (secondary N) is 2. The summed E-state index contributed by atoms with van der Waals surface area (Å²) in [6.07, 6.45) is -4.00. The summed E-state index contributed by atoms with van der Waals surface area (Å²) in [5.41, 5.74) is -1.64. The van der Waals surface area contributed by atoms with Gasteiger partial charge in [-0.3, -0.25) is 0 Å². The van der Waals surface area contributed by atoms with Crippen LogP contribution in [0.5, 0.6) is 0 Å². The molecule has 116 valence electrons. The van der Waals surface area contributed by atoms with Gasteiger partial charge in [-0.05, 0) is 0 Å². The minimum Gasteiger partial charge on any atom is -0.480 e. The summed E-state index contributed by atoms with van der Waals surface area (Å²) < 4.78 is 54.0. The van der Waals surface area contributed by atoms with Gasteiger partial charge in [-0.25, -0.2) is 18.4 Å². The predicted octanol–water partition coefficient (Wildman–Crippen LogP) is 0.820. The van der Waals surface area contributed by atoms with Crippen molar-refractivity contribution in [3.05, 3.63) is 0 Å². The van der Waals surface area contributed by atoms with Gasteiger partial charge in [0.05, 0.1) is 6.54 Å².